The second-order valence-corrected chi connectivity index (χ2v) is 6.00. The first-order valence-corrected chi connectivity index (χ1v) is 8.17. The van der Waals surface area contributed by atoms with Crippen LogP contribution in [0.2, 0.25) is 0 Å². The Labute approximate surface area is 144 Å². The molecule has 0 aromatic carbocycles. The molecule has 1 aliphatic rings. The van der Waals surface area contributed by atoms with Crippen molar-refractivity contribution < 1.29 is 4.79 Å². The summed E-state index contributed by atoms with van der Waals surface area (Å²) < 4.78 is 3.85. The predicted octanol–water partition coefficient (Wildman–Crippen LogP) is 0.288. The highest BCUT2D eigenvalue weighted by Gasteiger charge is 2.22. The first kappa shape index (κ1) is 15.4. The van der Waals surface area contributed by atoms with Crippen molar-refractivity contribution in [3.8, 4) is 0 Å². The van der Waals surface area contributed by atoms with E-state index in [0.29, 0.717) is 32.5 Å². The van der Waals surface area contributed by atoms with Gasteiger partial charge in [0.05, 0.1) is 18.8 Å². The second kappa shape index (κ2) is 6.80. The van der Waals surface area contributed by atoms with Crippen molar-refractivity contribution in [1.82, 2.24) is 39.2 Å². The molecule has 0 radical (unpaired) electrons. The number of rotatable bonds is 5. The molecule has 0 fully saturated rings. The first-order chi connectivity index (χ1) is 12.3. The van der Waals surface area contributed by atoms with Crippen LogP contribution in [0, 0.1) is 0 Å². The predicted molar refractivity (Wildman–Crippen MR) is 87.1 cm³/mol. The Kier molecular flexibility index (Phi) is 4.19. The quantitative estimate of drug-likeness (QED) is 0.663. The van der Waals surface area contributed by atoms with Crippen LogP contribution in [0.5, 0.6) is 0 Å². The van der Waals surface area contributed by atoms with E-state index < -0.39 is 0 Å². The fraction of sp³-hybridized carbons (Fsp3) is 0.375. The third-order valence-electron chi connectivity index (χ3n) is 4.24. The third kappa shape index (κ3) is 3.54. The van der Waals surface area contributed by atoms with Crippen molar-refractivity contribution in [2.24, 2.45) is 0 Å². The number of hydrogen-bond acceptors (Lipinski definition) is 6. The van der Waals surface area contributed by atoms with Gasteiger partial charge < -0.3 is 9.47 Å². The molecule has 0 atom stereocenters. The maximum atomic E-state index is 12.5. The smallest absolute Gasteiger partial charge is 0.223 e. The SMILES string of the molecule is O=C(CCc1cncnc1)N1CCn2cc(Cn3cncn3)nc2C1. The lowest BCUT2D eigenvalue weighted by atomic mass is 10.1. The van der Waals surface area contributed by atoms with Gasteiger partial charge in [-0.25, -0.2) is 24.6 Å². The van der Waals surface area contributed by atoms with Crippen LogP contribution in [0.15, 0.2) is 37.6 Å². The van der Waals surface area contributed by atoms with Crippen molar-refractivity contribution in [2.75, 3.05) is 6.54 Å². The van der Waals surface area contributed by atoms with Gasteiger partial charge in [-0.15, -0.1) is 0 Å². The van der Waals surface area contributed by atoms with Gasteiger partial charge in [-0.3, -0.25) is 4.79 Å². The summed E-state index contributed by atoms with van der Waals surface area (Å²) in [6, 6.07) is 0. The number of hydrogen-bond donors (Lipinski definition) is 0. The lowest BCUT2D eigenvalue weighted by molar-refractivity contribution is -0.132. The number of amides is 1. The maximum Gasteiger partial charge on any atom is 0.223 e. The van der Waals surface area contributed by atoms with Gasteiger partial charge in [-0.1, -0.05) is 0 Å². The average Bonchev–Trinajstić information content (AvgIpc) is 3.29. The van der Waals surface area contributed by atoms with Gasteiger partial charge in [-0.2, -0.15) is 5.10 Å². The standard InChI is InChI=1S/C16H18N8O/c25-16(2-1-13-5-17-10-18-6-13)23-4-3-22-7-14(21-15(22)9-23)8-24-12-19-11-20-24/h5-7,10-12H,1-4,8-9H2. The maximum absolute atomic E-state index is 12.5. The molecule has 9 nitrogen and oxygen atoms in total. The van der Waals surface area contributed by atoms with E-state index in [0.717, 1.165) is 23.6 Å². The number of nitrogens with zero attached hydrogens (tertiary/aromatic N) is 8. The van der Waals surface area contributed by atoms with E-state index >= 15 is 0 Å². The zero-order valence-electron chi connectivity index (χ0n) is 13.7. The monoisotopic (exact) mass is 338 g/mol. The first-order valence-electron chi connectivity index (χ1n) is 8.17. The summed E-state index contributed by atoms with van der Waals surface area (Å²) in [5, 5.41) is 4.10. The van der Waals surface area contributed by atoms with Crippen LogP contribution in [0.3, 0.4) is 0 Å². The Morgan fingerprint density at radius 3 is 2.80 bits per heavy atom. The van der Waals surface area contributed by atoms with Crippen molar-refractivity contribution in [3.63, 3.8) is 0 Å². The zero-order chi connectivity index (χ0) is 17.1. The van der Waals surface area contributed by atoms with E-state index in [1.54, 1.807) is 23.4 Å². The molecule has 4 rings (SSSR count). The van der Waals surface area contributed by atoms with Crippen LogP contribution in [0.1, 0.15) is 23.5 Å². The van der Waals surface area contributed by atoms with Crippen LogP contribution in [-0.2, 0) is 30.8 Å². The molecule has 9 heteroatoms. The van der Waals surface area contributed by atoms with E-state index in [9.17, 15) is 4.79 Å². The average molecular weight is 338 g/mol. The molecule has 128 valence electrons. The van der Waals surface area contributed by atoms with Gasteiger partial charge in [0.25, 0.3) is 0 Å². The highest BCUT2D eigenvalue weighted by atomic mass is 16.2. The molecule has 1 amide bonds. The molecular weight excluding hydrogens is 320 g/mol. The molecule has 0 spiro atoms. The topological polar surface area (TPSA) is 94.6 Å². The molecule has 0 bridgehead atoms. The molecule has 0 unspecified atom stereocenters. The zero-order valence-corrected chi connectivity index (χ0v) is 13.7. The van der Waals surface area contributed by atoms with Crippen molar-refractivity contribution in [3.05, 3.63) is 54.7 Å². The Balaban J connectivity index is 1.37. The second-order valence-electron chi connectivity index (χ2n) is 6.00. The van der Waals surface area contributed by atoms with Gasteiger partial charge in [0.1, 0.15) is 24.8 Å². The van der Waals surface area contributed by atoms with Crippen LogP contribution >= 0.6 is 0 Å². The lowest BCUT2D eigenvalue weighted by Crippen LogP contribution is -2.38. The number of carbonyl (C=O) groups excluding carboxylic acids is 1. The Hall–Kier alpha value is -3.10. The summed E-state index contributed by atoms with van der Waals surface area (Å²) in [4.78, 5) is 30.9. The van der Waals surface area contributed by atoms with Crippen molar-refractivity contribution >= 4 is 5.91 Å². The van der Waals surface area contributed by atoms with Crippen molar-refractivity contribution in [2.45, 2.75) is 32.5 Å². The molecule has 0 saturated heterocycles. The summed E-state index contributed by atoms with van der Waals surface area (Å²) in [7, 11) is 0. The summed E-state index contributed by atoms with van der Waals surface area (Å²) in [5.41, 5.74) is 1.90. The molecule has 0 aliphatic carbocycles. The van der Waals surface area contributed by atoms with E-state index in [-0.39, 0.29) is 5.91 Å². The molecule has 1 aliphatic heterocycles. The number of carbonyl (C=O) groups is 1. The van der Waals surface area contributed by atoms with Gasteiger partial charge >= 0.3 is 0 Å². The number of fused-ring (bicyclic) bond motifs is 1. The number of aromatic nitrogens is 7. The highest BCUT2D eigenvalue weighted by molar-refractivity contribution is 5.76. The molecule has 25 heavy (non-hydrogen) atoms. The molecule has 4 heterocycles. The highest BCUT2D eigenvalue weighted by Crippen LogP contribution is 2.15. The van der Waals surface area contributed by atoms with Crippen LogP contribution in [0.4, 0.5) is 0 Å². The molecule has 0 N–H and O–H groups in total. The fourth-order valence-corrected chi connectivity index (χ4v) is 2.95. The third-order valence-corrected chi connectivity index (χ3v) is 4.24. The van der Waals surface area contributed by atoms with E-state index in [1.165, 1.54) is 12.7 Å². The summed E-state index contributed by atoms with van der Waals surface area (Å²) >= 11 is 0. The van der Waals surface area contributed by atoms with Crippen LogP contribution in [-0.4, -0.2) is 51.6 Å². The van der Waals surface area contributed by atoms with E-state index in [2.05, 4.69) is 29.6 Å². The summed E-state index contributed by atoms with van der Waals surface area (Å²) in [6.07, 6.45) is 11.3. The van der Waals surface area contributed by atoms with Gasteiger partial charge in [0.15, 0.2) is 0 Å². The lowest BCUT2D eigenvalue weighted by Gasteiger charge is -2.27. The molecule has 0 saturated carbocycles. The summed E-state index contributed by atoms with van der Waals surface area (Å²) in [5.74, 6) is 1.05. The fourth-order valence-electron chi connectivity index (χ4n) is 2.95. The minimum atomic E-state index is 0.135. The van der Waals surface area contributed by atoms with Gasteiger partial charge in [0, 0.05) is 38.1 Å². The Morgan fingerprint density at radius 2 is 2.00 bits per heavy atom. The Bertz CT molecular complexity index is 842. The molecule has 3 aromatic rings. The largest absolute Gasteiger partial charge is 0.333 e. The Morgan fingerprint density at radius 1 is 1.12 bits per heavy atom. The number of aryl methyl sites for hydroxylation is 1. The van der Waals surface area contributed by atoms with Gasteiger partial charge in [0.2, 0.25) is 5.91 Å². The van der Waals surface area contributed by atoms with Crippen molar-refractivity contribution in [1.29, 1.82) is 0 Å². The molecule has 3 aromatic heterocycles. The van der Waals surface area contributed by atoms with Crippen LogP contribution < -0.4 is 0 Å². The number of imidazole rings is 1. The van der Waals surface area contributed by atoms with Gasteiger partial charge in [-0.05, 0) is 12.0 Å². The van der Waals surface area contributed by atoms with E-state index in [4.69, 9.17) is 0 Å². The normalized spacial score (nSPS) is 13.7. The van der Waals surface area contributed by atoms with Crippen LogP contribution in [0.25, 0.3) is 0 Å². The van der Waals surface area contributed by atoms with E-state index in [1.807, 2.05) is 11.1 Å². The summed E-state index contributed by atoms with van der Waals surface area (Å²) in [6.45, 7) is 2.60. The minimum Gasteiger partial charge on any atom is -0.333 e. The minimum absolute atomic E-state index is 0.135. The molecular formula is C16H18N8O.